The highest BCUT2D eigenvalue weighted by molar-refractivity contribution is 5.94. The highest BCUT2D eigenvalue weighted by Crippen LogP contribution is 2.26. The lowest BCUT2D eigenvalue weighted by Gasteiger charge is -2.15. The number of aromatic hydroxyl groups is 1. The summed E-state index contributed by atoms with van der Waals surface area (Å²) in [6.45, 7) is 3.78. The molecule has 0 saturated heterocycles. The van der Waals surface area contributed by atoms with Crippen molar-refractivity contribution in [1.29, 1.82) is 0 Å². The first-order chi connectivity index (χ1) is 10.3. The van der Waals surface area contributed by atoms with Crippen LogP contribution in [0.2, 0.25) is 0 Å². The van der Waals surface area contributed by atoms with E-state index in [-0.39, 0.29) is 11.7 Å². The fourth-order valence-corrected chi connectivity index (χ4v) is 1.88. The number of nitrogens with one attached hydrogen (secondary N) is 1. The molecule has 6 nitrogen and oxygen atoms in total. The third kappa shape index (κ3) is 5.47. The molecule has 0 aliphatic rings. The van der Waals surface area contributed by atoms with Crippen LogP contribution in [0.15, 0.2) is 24.3 Å². The van der Waals surface area contributed by atoms with Crippen molar-refractivity contribution in [2.24, 2.45) is 5.92 Å². The van der Waals surface area contributed by atoms with Crippen LogP contribution < -0.4 is 10.1 Å². The van der Waals surface area contributed by atoms with Crippen LogP contribution in [0.1, 0.15) is 25.8 Å². The molecule has 1 aromatic carbocycles. The molecule has 0 aliphatic heterocycles. The van der Waals surface area contributed by atoms with E-state index in [1.165, 1.54) is 25.3 Å². The average Bonchev–Trinajstić information content (AvgIpc) is 2.45. The van der Waals surface area contributed by atoms with Gasteiger partial charge in [-0.2, -0.15) is 0 Å². The van der Waals surface area contributed by atoms with Crippen molar-refractivity contribution in [3.8, 4) is 11.5 Å². The summed E-state index contributed by atoms with van der Waals surface area (Å²) in [6, 6.07) is 3.73. The number of carboxylic acids is 1. The number of benzene rings is 1. The molecule has 0 aromatic heterocycles. The maximum atomic E-state index is 11.8. The third-order valence-electron chi connectivity index (χ3n) is 2.95. The lowest BCUT2D eigenvalue weighted by molar-refractivity contribution is -0.141. The van der Waals surface area contributed by atoms with Crippen molar-refractivity contribution < 1.29 is 24.5 Å². The molecule has 0 aliphatic carbocycles. The van der Waals surface area contributed by atoms with Gasteiger partial charge in [0.05, 0.1) is 7.11 Å². The van der Waals surface area contributed by atoms with Gasteiger partial charge in [-0.05, 0) is 36.1 Å². The number of aliphatic carboxylic acids is 1. The maximum Gasteiger partial charge on any atom is 0.326 e. The van der Waals surface area contributed by atoms with Crippen molar-refractivity contribution in [2.45, 2.75) is 26.3 Å². The number of hydrogen-bond donors (Lipinski definition) is 3. The van der Waals surface area contributed by atoms with Crippen molar-refractivity contribution in [2.75, 3.05) is 7.11 Å². The molecule has 1 unspecified atom stereocenters. The number of carbonyl (C=O) groups excluding carboxylic acids is 1. The molecule has 0 radical (unpaired) electrons. The molecule has 0 bridgehead atoms. The Labute approximate surface area is 129 Å². The third-order valence-corrected chi connectivity index (χ3v) is 2.95. The first-order valence-electron chi connectivity index (χ1n) is 6.92. The number of phenolic OH excluding ortho intramolecular Hbond substituents is 1. The maximum absolute atomic E-state index is 11.8. The molecule has 22 heavy (non-hydrogen) atoms. The minimum atomic E-state index is -1.05. The summed E-state index contributed by atoms with van der Waals surface area (Å²) in [7, 11) is 1.43. The summed E-state index contributed by atoms with van der Waals surface area (Å²) >= 11 is 0. The Balaban J connectivity index is 2.72. The second-order valence-electron chi connectivity index (χ2n) is 5.29. The summed E-state index contributed by atoms with van der Waals surface area (Å²) in [5.74, 6) is -1.08. The Morgan fingerprint density at radius 3 is 2.59 bits per heavy atom. The minimum absolute atomic E-state index is 0.00646. The molecule has 0 fully saturated rings. The van der Waals surface area contributed by atoms with Gasteiger partial charge in [0.25, 0.3) is 0 Å². The molecule has 1 atom stereocenters. The number of amides is 1. The molecule has 0 spiro atoms. The van der Waals surface area contributed by atoms with E-state index >= 15 is 0 Å². The average molecular weight is 307 g/mol. The largest absolute Gasteiger partial charge is 0.504 e. The predicted octanol–water partition coefficient (Wildman–Crippen LogP) is 2.03. The fraction of sp³-hybridized carbons (Fsp3) is 0.375. The molecule has 1 rings (SSSR count). The smallest absolute Gasteiger partial charge is 0.326 e. The van der Waals surface area contributed by atoms with E-state index in [4.69, 9.17) is 9.84 Å². The Morgan fingerprint density at radius 1 is 1.36 bits per heavy atom. The SMILES string of the molecule is COc1cc(/C=C/C(=O)NC(CC(C)C)C(=O)O)ccc1O. The number of carboxylic acid groups (broad SMARTS) is 1. The van der Waals surface area contributed by atoms with E-state index in [0.29, 0.717) is 17.7 Å². The van der Waals surface area contributed by atoms with Gasteiger partial charge in [0.2, 0.25) is 5.91 Å². The van der Waals surface area contributed by atoms with Crippen LogP contribution in [0.5, 0.6) is 11.5 Å². The molecular formula is C16H21NO5. The quantitative estimate of drug-likeness (QED) is 0.670. The van der Waals surface area contributed by atoms with Crippen molar-refractivity contribution in [3.05, 3.63) is 29.8 Å². The molecule has 1 aromatic rings. The molecule has 6 heteroatoms. The van der Waals surface area contributed by atoms with Crippen molar-refractivity contribution in [3.63, 3.8) is 0 Å². The standard InChI is InChI=1S/C16H21NO5/c1-10(2)8-12(16(20)21)17-15(19)7-5-11-4-6-13(18)14(9-11)22-3/h4-7,9-10,12,18H,8H2,1-3H3,(H,17,19)(H,20,21)/b7-5+. The fourth-order valence-electron chi connectivity index (χ4n) is 1.88. The number of ether oxygens (including phenoxy) is 1. The van der Waals surface area contributed by atoms with Crippen LogP contribution in [-0.2, 0) is 9.59 Å². The molecule has 3 N–H and O–H groups in total. The van der Waals surface area contributed by atoms with Crippen LogP contribution in [0.3, 0.4) is 0 Å². The van der Waals surface area contributed by atoms with Crippen molar-refractivity contribution >= 4 is 18.0 Å². The topological polar surface area (TPSA) is 95.9 Å². The highest BCUT2D eigenvalue weighted by atomic mass is 16.5. The number of methoxy groups -OCH3 is 1. The summed E-state index contributed by atoms with van der Waals surface area (Å²) in [5.41, 5.74) is 0.653. The van der Waals surface area contributed by atoms with Crippen molar-refractivity contribution in [1.82, 2.24) is 5.32 Å². The summed E-state index contributed by atoms with van der Waals surface area (Å²) in [4.78, 5) is 22.9. The zero-order valence-electron chi connectivity index (χ0n) is 12.9. The zero-order chi connectivity index (χ0) is 16.7. The van der Waals surface area contributed by atoms with Gasteiger partial charge in [-0.1, -0.05) is 19.9 Å². The van der Waals surface area contributed by atoms with Gasteiger partial charge in [-0.3, -0.25) is 4.79 Å². The molecular weight excluding hydrogens is 286 g/mol. The number of rotatable bonds is 7. The van der Waals surface area contributed by atoms with E-state index in [1.807, 2.05) is 13.8 Å². The van der Waals surface area contributed by atoms with Gasteiger partial charge in [-0.15, -0.1) is 0 Å². The Kier molecular flexibility index (Phi) is 6.44. The van der Waals surface area contributed by atoms with Gasteiger partial charge in [-0.25, -0.2) is 4.79 Å². The van der Waals surface area contributed by atoms with E-state index in [0.717, 1.165) is 0 Å². The lowest BCUT2D eigenvalue weighted by atomic mass is 10.0. The molecule has 0 saturated carbocycles. The van der Waals surface area contributed by atoms with E-state index in [9.17, 15) is 14.7 Å². The first kappa shape index (κ1) is 17.6. The summed E-state index contributed by atoms with van der Waals surface area (Å²) in [6.07, 6.45) is 3.13. The van der Waals surface area contributed by atoms with Crippen LogP contribution in [0.25, 0.3) is 6.08 Å². The van der Waals surface area contributed by atoms with Gasteiger partial charge in [0.1, 0.15) is 6.04 Å². The Morgan fingerprint density at radius 2 is 2.05 bits per heavy atom. The Bertz CT molecular complexity index is 566. The summed E-state index contributed by atoms with van der Waals surface area (Å²) in [5, 5.41) is 21.0. The minimum Gasteiger partial charge on any atom is -0.504 e. The predicted molar refractivity (Wildman–Crippen MR) is 82.7 cm³/mol. The van der Waals surface area contributed by atoms with Gasteiger partial charge < -0.3 is 20.3 Å². The van der Waals surface area contributed by atoms with Crippen LogP contribution >= 0.6 is 0 Å². The Hall–Kier alpha value is -2.50. The second kappa shape index (κ2) is 8.07. The molecule has 0 heterocycles. The first-order valence-corrected chi connectivity index (χ1v) is 6.92. The number of carbonyl (C=O) groups is 2. The van der Waals surface area contributed by atoms with Crippen LogP contribution in [-0.4, -0.2) is 35.2 Å². The number of phenols is 1. The van der Waals surface area contributed by atoms with Gasteiger partial charge in [0, 0.05) is 6.08 Å². The van der Waals surface area contributed by atoms with Crippen LogP contribution in [0, 0.1) is 5.92 Å². The molecule has 1 amide bonds. The monoisotopic (exact) mass is 307 g/mol. The van der Waals surface area contributed by atoms with E-state index in [1.54, 1.807) is 12.1 Å². The summed E-state index contributed by atoms with van der Waals surface area (Å²) < 4.78 is 4.97. The van der Waals surface area contributed by atoms with E-state index < -0.39 is 17.9 Å². The van der Waals surface area contributed by atoms with E-state index in [2.05, 4.69) is 5.32 Å². The lowest BCUT2D eigenvalue weighted by Crippen LogP contribution is -2.40. The number of hydrogen-bond acceptors (Lipinski definition) is 4. The molecule has 120 valence electrons. The second-order valence-corrected chi connectivity index (χ2v) is 5.29. The van der Waals surface area contributed by atoms with Gasteiger partial charge >= 0.3 is 5.97 Å². The van der Waals surface area contributed by atoms with Gasteiger partial charge in [0.15, 0.2) is 11.5 Å². The zero-order valence-corrected chi connectivity index (χ0v) is 12.9. The normalized spacial score (nSPS) is 12.4. The highest BCUT2D eigenvalue weighted by Gasteiger charge is 2.19. The van der Waals surface area contributed by atoms with Crippen LogP contribution in [0.4, 0.5) is 0 Å².